The van der Waals surface area contributed by atoms with Gasteiger partial charge in [0.25, 0.3) is 0 Å². The monoisotopic (exact) mass is 438 g/mol. The number of nitrogens with zero attached hydrogens (tertiary/aromatic N) is 3. The first-order chi connectivity index (χ1) is 15.0. The highest BCUT2D eigenvalue weighted by Crippen LogP contribution is 2.29. The van der Waals surface area contributed by atoms with E-state index in [0.717, 1.165) is 5.56 Å². The number of benzene rings is 2. The summed E-state index contributed by atoms with van der Waals surface area (Å²) in [6.45, 7) is 1.90. The van der Waals surface area contributed by atoms with Crippen LogP contribution in [0, 0.1) is 11.6 Å². The summed E-state index contributed by atoms with van der Waals surface area (Å²) < 4.78 is 28.3. The molecular formula is C23H20F2N4OS. The maximum Gasteiger partial charge on any atom is 0.247 e. The molecule has 0 fully saturated rings. The lowest BCUT2D eigenvalue weighted by molar-refractivity contribution is -0.119. The maximum atomic E-state index is 13.5. The van der Waals surface area contributed by atoms with E-state index in [-0.39, 0.29) is 11.7 Å². The second-order valence-electron chi connectivity index (χ2n) is 6.97. The van der Waals surface area contributed by atoms with Crippen LogP contribution in [0.4, 0.5) is 14.5 Å². The number of hydrogen-bond acceptors (Lipinski definition) is 4. The largest absolute Gasteiger partial charge is 0.324 e. The predicted molar refractivity (Wildman–Crippen MR) is 117 cm³/mol. The molecule has 2 aliphatic rings. The molecule has 0 saturated carbocycles. The smallest absolute Gasteiger partial charge is 0.247 e. The summed E-state index contributed by atoms with van der Waals surface area (Å²) in [6.07, 6.45) is 2.32. The highest BCUT2D eigenvalue weighted by atomic mass is 32.2. The molecule has 0 saturated heterocycles. The fourth-order valence-corrected chi connectivity index (χ4v) is 4.07. The topological polar surface area (TPSA) is 59.8 Å². The van der Waals surface area contributed by atoms with E-state index in [2.05, 4.69) is 15.3 Å². The molecule has 5 nitrogen and oxygen atoms in total. The van der Waals surface area contributed by atoms with Gasteiger partial charge in [0.2, 0.25) is 5.91 Å². The number of thioether (sulfide) groups is 1. The maximum absolute atomic E-state index is 13.5. The number of aromatic nitrogens is 3. The zero-order valence-corrected chi connectivity index (χ0v) is 17.6. The van der Waals surface area contributed by atoms with Crippen molar-refractivity contribution in [3.63, 3.8) is 0 Å². The number of carbonyl (C=O) groups is 1. The summed E-state index contributed by atoms with van der Waals surface area (Å²) in [5.74, 6) is 0.269. The molecule has 2 heterocycles. The molecule has 1 unspecified atom stereocenters. The first kappa shape index (κ1) is 21.0. The Morgan fingerprint density at radius 1 is 1.06 bits per heavy atom. The summed E-state index contributed by atoms with van der Waals surface area (Å²) in [4.78, 5) is 22.1. The van der Waals surface area contributed by atoms with E-state index in [1.165, 1.54) is 36.0 Å². The SMILES string of the molecule is CCC(C(=O)Nc1cccc(F)c1)n1cccc2nc(SCc3ccc(F)cc3)nc1-2. The molecule has 2 aromatic rings. The van der Waals surface area contributed by atoms with Crippen molar-refractivity contribution in [3.8, 4) is 11.5 Å². The van der Waals surface area contributed by atoms with Crippen molar-refractivity contribution in [2.75, 3.05) is 5.32 Å². The van der Waals surface area contributed by atoms with E-state index in [1.807, 2.05) is 19.1 Å². The molecular weight excluding hydrogens is 418 g/mol. The highest BCUT2D eigenvalue weighted by molar-refractivity contribution is 7.98. The Hall–Kier alpha value is -3.26. The first-order valence-corrected chi connectivity index (χ1v) is 10.8. The average Bonchev–Trinajstić information content (AvgIpc) is 3.18. The second kappa shape index (κ2) is 9.26. The quantitative estimate of drug-likeness (QED) is 0.385. The third-order valence-corrected chi connectivity index (χ3v) is 5.71. The first-order valence-electron chi connectivity index (χ1n) is 9.81. The van der Waals surface area contributed by atoms with E-state index in [0.29, 0.717) is 34.5 Å². The van der Waals surface area contributed by atoms with Gasteiger partial charge < -0.3 is 9.88 Å². The number of fused-ring (bicyclic) bond motifs is 1. The van der Waals surface area contributed by atoms with E-state index >= 15 is 0 Å². The molecule has 0 spiro atoms. The standard InChI is InChI=1S/C23H20F2N4OS/c1-2-20(22(30)26-18-6-3-5-17(25)13-18)29-12-4-7-19-21(29)28-23(27-19)31-14-15-8-10-16(24)11-9-15/h3-13,20H,2,14H2,1H3,(H,26,30). The number of hydrogen-bond donors (Lipinski definition) is 1. The van der Waals surface area contributed by atoms with Crippen LogP contribution in [0.2, 0.25) is 0 Å². The molecule has 2 aliphatic heterocycles. The molecule has 1 N–H and O–H groups in total. The van der Waals surface area contributed by atoms with Gasteiger partial charge in [0.1, 0.15) is 23.4 Å². The van der Waals surface area contributed by atoms with Gasteiger partial charge in [-0.25, -0.2) is 18.7 Å². The van der Waals surface area contributed by atoms with Crippen LogP contribution in [-0.4, -0.2) is 20.4 Å². The minimum Gasteiger partial charge on any atom is -0.324 e. The van der Waals surface area contributed by atoms with Crippen LogP contribution in [0.3, 0.4) is 0 Å². The number of amides is 1. The summed E-state index contributed by atoms with van der Waals surface area (Å²) >= 11 is 1.45. The second-order valence-corrected chi connectivity index (χ2v) is 7.91. The van der Waals surface area contributed by atoms with Crippen molar-refractivity contribution in [2.45, 2.75) is 30.3 Å². The normalized spacial score (nSPS) is 12.1. The molecule has 0 aliphatic carbocycles. The summed E-state index contributed by atoms with van der Waals surface area (Å²) in [7, 11) is 0. The van der Waals surface area contributed by atoms with Crippen LogP contribution in [0.25, 0.3) is 11.5 Å². The predicted octanol–water partition coefficient (Wildman–Crippen LogP) is 5.54. The number of nitrogens with one attached hydrogen (secondary N) is 1. The van der Waals surface area contributed by atoms with Crippen LogP contribution in [-0.2, 0) is 10.5 Å². The minimum absolute atomic E-state index is 0.255. The number of rotatable bonds is 7. The van der Waals surface area contributed by atoms with E-state index in [4.69, 9.17) is 0 Å². The average molecular weight is 439 g/mol. The molecule has 31 heavy (non-hydrogen) atoms. The Labute approximate surface area is 182 Å². The Balaban J connectivity index is 1.54. The Morgan fingerprint density at radius 3 is 2.61 bits per heavy atom. The van der Waals surface area contributed by atoms with Gasteiger partial charge in [0, 0.05) is 17.6 Å². The molecule has 8 heteroatoms. The lowest BCUT2D eigenvalue weighted by Crippen LogP contribution is -2.26. The number of carbonyl (C=O) groups excluding carboxylic acids is 1. The zero-order valence-electron chi connectivity index (χ0n) is 16.8. The van der Waals surface area contributed by atoms with Crippen molar-refractivity contribution in [2.24, 2.45) is 0 Å². The van der Waals surface area contributed by atoms with Gasteiger partial charge >= 0.3 is 0 Å². The number of pyridine rings is 1. The number of anilines is 1. The van der Waals surface area contributed by atoms with E-state index in [9.17, 15) is 13.6 Å². The van der Waals surface area contributed by atoms with Crippen LogP contribution >= 0.6 is 11.8 Å². The highest BCUT2D eigenvalue weighted by Gasteiger charge is 2.24. The van der Waals surface area contributed by atoms with Crippen LogP contribution in [0.15, 0.2) is 72.0 Å². The molecule has 4 rings (SSSR count). The fourth-order valence-electron chi connectivity index (χ4n) is 3.27. The number of halogens is 2. The van der Waals surface area contributed by atoms with Gasteiger partial charge in [-0.2, -0.15) is 0 Å². The van der Waals surface area contributed by atoms with Crippen molar-refractivity contribution in [1.29, 1.82) is 0 Å². The van der Waals surface area contributed by atoms with Crippen LogP contribution in [0.1, 0.15) is 24.9 Å². The van der Waals surface area contributed by atoms with Gasteiger partial charge in [-0.15, -0.1) is 0 Å². The Bertz CT molecular complexity index is 1160. The number of imidazole rings is 1. The lowest BCUT2D eigenvalue weighted by Gasteiger charge is -2.20. The summed E-state index contributed by atoms with van der Waals surface area (Å²) in [5.41, 5.74) is 2.05. The fraction of sp³-hybridized carbons (Fsp3) is 0.174. The molecule has 158 valence electrons. The third-order valence-electron chi connectivity index (χ3n) is 4.79. The molecule has 1 atom stereocenters. The Morgan fingerprint density at radius 2 is 1.87 bits per heavy atom. The summed E-state index contributed by atoms with van der Waals surface area (Å²) in [5, 5.41) is 3.35. The lowest BCUT2D eigenvalue weighted by atomic mass is 10.1. The molecule has 2 aromatic carbocycles. The molecule has 0 bridgehead atoms. The van der Waals surface area contributed by atoms with E-state index in [1.54, 1.807) is 35.0 Å². The van der Waals surface area contributed by atoms with Gasteiger partial charge in [-0.05, 0) is 54.4 Å². The molecule has 1 amide bonds. The van der Waals surface area contributed by atoms with Crippen LogP contribution < -0.4 is 5.32 Å². The van der Waals surface area contributed by atoms with Crippen molar-refractivity contribution >= 4 is 23.4 Å². The van der Waals surface area contributed by atoms with Crippen LogP contribution in [0.5, 0.6) is 0 Å². The van der Waals surface area contributed by atoms with Crippen molar-refractivity contribution < 1.29 is 13.6 Å². The van der Waals surface area contributed by atoms with Crippen molar-refractivity contribution in [3.05, 3.63) is 84.1 Å². The van der Waals surface area contributed by atoms with Gasteiger partial charge in [-0.1, -0.05) is 36.9 Å². The third kappa shape index (κ3) is 4.91. The van der Waals surface area contributed by atoms with Crippen molar-refractivity contribution in [1.82, 2.24) is 14.5 Å². The van der Waals surface area contributed by atoms with Gasteiger partial charge in [0.05, 0.1) is 0 Å². The summed E-state index contributed by atoms with van der Waals surface area (Å²) in [6, 6.07) is 15.3. The van der Waals surface area contributed by atoms with Gasteiger partial charge in [0.15, 0.2) is 11.0 Å². The minimum atomic E-state index is -0.529. The zero-order chi connectivity index (χ0) is 21.8. The van der Waals surface area contributed by atoms with E-state index < -0.39 is 11.9 Å². The molecule has 0 radical (unpaired) electrons. The Kier molecular flexibility index (Phi) is 6.27. The molecule has 0 aromatic heterocycles. The van der Waals surface area contributed by atoms with Gasteiger partial charge in [-0.3, -0.25) is 4.79 Å².